The highest BCUT2D eigenvalue weighted by atomic mass is 35.5. The zero-order valence-corrected chi connectivity index (χ0v) is 18.1. The molecule has 0 amide bonds. The van der Waals surface area contributed by atoms with Crippen LogP contribution in [0.5, 0.6) is 0 Å². The summed E-state index contributed by atoms with van der Waals surface area (Å²) < 4.78 is 1.98. The SMILES string of the molecule is CC(C)n1cnc2c(NCc3cc(Cl)ccc3N)nc(NC(C)C(C)(C)O)nc21. The van der Waals surface area contributed by atoms with Gasteiger partial charge < -0.3 is 26.0 Å². The fraction of sp³-hybridized carbons (Fsp3) is 0.450. The van der Waals surface area contributed by atoms with Crippen molar-refractivity contribution in [2.45, 2.75) is 58.8 Å². The number of nitrogens with one attached hydrogen (secondary N) is 2. The number of fused-ring (bicyclic) bond motifs is 1. The molecule has 3 aromatic rings. The highest BCUT2D eigenvalue weighted by molar-refractivity contribution is 6.30. The third kappa shape index (κ3) is 4.71. The zero-order valence-electron chi connectivity index (χ0n) is 17.4. The van der Waals surface area contributed by atoms with Gasteiger partial charge in [-0.25, -0.2) is 4.98 Å². The minimum Gasteiger partial charge on any atom is -0.398 e. The molecule has 8 nitrogen and oxygen atoms in total. The van der Waals surface area contributed by atoms with Crippen LogP contribution in [-0.4, -0.2) is 36.3 Å². The van der Waals surface area contributed by atoms with Crippen molar-refractivity contribution in [3.05, 3.63) is 35.1 Å². The first kappa shape index (κ1) is 21.1. The van der Waals surface area contributed by atoms with Crippen molar-refractivity contribution < 1.29 is 5.11 Å². The molecule has 5 N–H and O–H groups in total. The molecule has 1 unspecified atom stereocenters. The van der Waals surface area contributed by atoms with Crippen molar-refractivity contribution in [3.63, 3.8) is 0 Å². The number of imidazole rings is 1. The van der Waals surface area contributed by atoms with Gasteiger partial charge in [0, 0.05) is 23.3 Å². The average Bonchev–Trinajstić information content (AvgIpc) is 3.05. The Hall–Kier alpha value is -2.58. The summed E-state index contributed by atoms with van der Waals surface area (Å²) in [6.45, 7) is 9.93. The number of halogens is 1. The quantitative estimate of drug-likeness (QED) is 0.432. The summed E-state index contributed by atoms with van der Waals surface area (Å²) in [6, 6.07) is 5.29. The molecule has 29 heavy (non-hydrogen) atoms. The summed E-state index contributed by atoms with van der Waals surface area (Å²) in [5.74, 6) is 0.996. The Morgan fingerprint density at radius 1 is 1.24 bits per heavy atom. The Morgan fingerprint density at radius 3 is 2.62 bits per heavy atom. The maximum Gasteiger partial charge on any atom is 0.227 e. The molecule has 0 aliphatic heterocycles. The van der Waals surface area contributed by atoms with Crippen molar-refractivity contribution in [2.24, 2.45) is 0 Å². The number of aliphatic hydroxyl groups is 1. The summed E-state index contributed by atoms with van der Waals surface area (Å²) >= 11 is 6.10. The van der Waals surface area contributed by atoms with E-state index in [1.54, 1.807) is 32.3 Å². The monoisotopic (exact) mass is 417 g/mol. The lowest BCUT2D eigenvalue weighted by atomic mass is 10.0. The van der Waals surface area contributed by atoms with Gasteiger partial charge in [-0.1, -0.05) is 11.6 Å². The molecular formula is C20H28ClN7O. The molecule has 0 aliphatic carbocycles. The van der Waals surface area contributed by atoms with Crippen molar-refractivity contribution in [1.82, 2.24) is 19.5 Å². The molecule has 9 heteroatoms. The lowest BCUT2D eigenvalue weighted by Gasteiger charge is -2.26. The fourth-order valence-corrected chi connectivity index (χ4v) is 2.95. The predicted octanol–water partition coefficient (Wildman–Crippen LogP) is 3.83. The van der Waals surface area contributed by atoms with E-state index in [9.17, 15) is 5.11 Å². The fourth-order valence-electron chi connectivity index (χ4n) is 2.76. The number of benzene rings is 1. The highest BCUT2D eigenvalue weighted by Crippen LogP contribution is 2.26. The molecule has 0 saturated heterocycles. The van der Waals surface area contributed by atoms with Gasteiger partial charge in [-0.15, -0.1) is 0 Å². The lowest BCUT2D eigenvalue weighted by Crippen LogP contribution is -2.39. The van der Waals surface area contributed by atoms with E-state index in [1.807, 2.05) is 17.6 Å². The van der Waals surface area contributed by atoms with Crippen molar-refractivity contribution in [2.75, 3.05) is 16.4 Å². The van der Waals surface area contributed by atoms with Crippen LogP contribution < -0.4 is 16.4 Å². The molecule has 0 saturated carbocycles. The topological polar surface area (TPSA) is 114 Å². The van der Waals surface area contributed by atoms with E-state index < -0.39 is 5.60 Å². The number of nitrogens with zero attached hydrogens (tertiary/aromatic N) is 4. The zero-order chi connectivity index (χ0) is 21.3. The van der Waals surface area contributed by atoms with E-state index in [0.29, 0.717) is 40.2 Å². The number of anilines is 3. The first-order valence-electron chi connectivity index (χ1n) is 9.57. The average molecular weight is 418 g/mol. The van der Waals surface area contributed by atoms with Crippen LogP contribution >= 0.6 is 11.6 Å². The molecule has 3 rings (SSSR count). The Morgan fingerprint density at radius 2 is 1.97 bits per heavy atom. The van der Waals surface area contributed by atoms with Gasteiger partial charge in [-0.05, 0) is 58.4 Å². The van der Waals surface area contributed by atoms with E-state index in [-0.39, 0.29) is 12.1 Å². The van der Waals surface area contributed by atoms with Crippen LogP contribution in [0.15, 0.2) is 24.5 Å². The first-order chi connectivity index (χ1) is 13.6. The molecule has 0 fully saturated rings. The van der Waals surface area contributed by atoms with Gasteiger partial charge in [-0.2, -0.15) is 9.97 Å². The second-order valence-corrected chi connectivity index (χ2v) is 8.47. The number of nitrogens with two attached hydrogens (primary N) is 1. The molecule has 0 spiro atoms. The van der Waals surface area contributed by atoms with Crippen LogP contribution in [-0.2, 0) is 6.54 Å². The second-order valence-electron chi connectivity index (χ2n) is 8.03. The number of hydrogen-bond donors (Lipinski definition) is 4. The van der Waals surface area contributed by atoms with E-state index >= 15 is 0 Å². The van der Waals surface area contributed by atoms with Crippen LogP contribution in [0.3, 0.4) is 0 Å². The van der Waals surface area contributed by atoms with Gasteiger partial charge in [0.25, 0.3) is 0 Å². The van der Waals surface area contributed by atoms with E-state index in [4.69, 9.17) is 17.3 Å². The van der Waals surface area contributed by atoms with Gasteiger partial charge >= 0.3 is 0 Å². The third-order valence-electron chi connectivity index (χ3n) is 4.93. The Labute approximate surface area is 175 Å². The van der Waals surface area contributed by atoms with Gasteiger partial charge in [0.05, 0.1) is 18.0 Å². The van der Waals surface area contributed by atoms with Gasteiger partial charge in [0.1, 0.15) is 0 Å². The highest BCUT2D eigenvalue weighted by Gasteiger charge is 2.24. The summed E-state index contributed by atoms with van der Waals surface area (Å²) in [5.41, 5.74) is 8.02. The normalized spacial score (nSPS) is 13.1. The first-order valence-corrected chi connectivity index (χ1v) is 9.95. The summed E-state index contributed by atoms with van der Waals surface area (Å²) in [4.78, 5) is 13.7. The minimum atomic E-state index is -0.931. The van der Waals surface area contributed by atoms with E-state index in [2.05, 4.69) is 39.4 Å². The van der Waals surface area contributed by atoms with Crippen LogP contribution in [0.2, 0.25) is 5.02 Å². The predicted molar refractivity (Wildman–Crippen MR) is 118 cm³/mol. The largest absolute Gasteiger partial charge is 0.398 e. The smallest absolute Gasteiger partial charge is 0.227 e. The van der Waals surface area contributed by atoms with Crippen molar-refractivity contribution in [1.29, 1.82) is 0 Å². The molecule has 1 atom stereocenters. The van der Waals surface area contributed by atoms with E-state index in [1.165, 1.54) is 0 Å². The third-order valence-corrected chi connectivity index (χ3v) is 5.17. The Bertz CT molecular complexity index is 1010. The number of hydrogen-bond acceptors (Lipinski definition) is 7. The van der Waals surface area contributed by atoms with Crippen molar-refractivity contribution in [3.8, 4) is 0 Å². The minimum absolute atomic E-state index is 0.186. The van der Waals surface area contributed by atoms with Crippen LogP contribution in [0, 0.1) is 0 Å². The van der Waals surface area contributed by atoms with Crippen LogP contribution in [0.1, 0.15) is 46.2 Å². The summed E-state index contributed by atoms with van der Waals surface area (Å²) in [5, 5.41) is 17.4. The summed E-state index contributed by atoms with van der Waals surface area (Å²) in [7, 11) is 0. The number of nitrogen functional groups attached to an aromatic ring is 1. The number of rotatable bonds is 7. The maximum absolute atomic E-state index is 10.3. The Kier molecular flexibility index (Phi) is 5.86. The second kappa shape index (κ2) is 8.04. The van der Waals surface area contributed by atoms with Crippen molar-refractivity contribution >= 4 is 40.2 Å². The van der Waals surface area contributed by atoms with Gasteiger partial charge in [0.15, 0.2) is 17.0 Å². The molecule has 0 aliphatic rings. The molecular weight excluding hydrogens is 390 g/mol. The van der Waals surface area contributed by atoms with E-state index in [0.717, 1.165) is 5.56 Å². The van der Waals surface area contributed by atoms with Crippen LogP contribution in [0.4, 0.5) is 17.5 Å². The number of aromatic nitrogens is 4. The standard InChI is InChI=1S/C20H28ClN7O/c1-11(2)28-10-24-16-17(23-9-13-8-14(21)6-7-15(13)22)26-19(27-18(16)28)25-12(3)20(4,5)29/h6-8,10-12,29H,9,22H2,1-5H3,(H2,23,25,26,27). The lowest BCUT2D eigenvalue weighted by molar-refractivity contribution is 0.0646. The molecule has 156 valence electrons. The maximum atomic E-state index is 10.3. The van der Waals surface area contributed by atoms with Gasteiger partial charge in [-0.3, -0.25) is 0 Å². The summed E-state index contributed by atoms with van der Waals surface area (Å²) in [6.07, 6.45) is 1.76. The molecule has 1 aromatic carbocycles. The molecule has 0 radical (unpaired) electrons. The van der Waals surface area contributed by atoms with Crippen LogP contribution in [0.25, 0.3) is 11.2 Å². The van der Waals surface area contributed by atoms with Gasteiger partial charge in [0.2, 0.25) is 5.95 Å². The molecule has 2 aromatic heterocycles. The molecule has 0 bridgehead atoms. The molecule has 2 heterocycles. The Balaban J connectivity index is 1.99.